The van der Waals surface area contributed by atoms with Crippen LogP contribution in [0.5, 0.6) is 0 Å². The van der Waals surface area contributed by atoms with E-state index in [2.05, 4.69) is 0 Å². The van der Waals surface area contributed by atoms with Crippen molar-refractivity contribution in [2.24, 2.45) is 5.73 Å². The smallest absolute Gasteiger partial charge is 0.239 e. The lowest BCUT2D eigenvalue weighted by molar-refractivity contribution is -0.133. The van der Waals surface area contributed by atoms with Gasteiger partial charge in [0.2, 0.25) is 5.91 Å². The van der Waals surface area contributed by atoms with Crippen molar-refractivity contribution >= 4 is 29.1 Å². The molecule has 0 aromatic heterocycles. The molecule has 0 spiro atoms. The summed E-state index contributed by atoms with van der Waals surface area (Å²) in [5.74, 6) is -0.0870. The Kier molecular flexibility index (Phi) is 5.45. The third kappa shape index (κ3) is 3.37. The Morgan fingerprint density at radius 1 is 1.44 bits per heavy atom. The topological polar surface area (TPSA) is 46.3 Å². The summed E-state index contributed by atoms with van der Waals surface area (Å²) < 4.78 is 0. The average molecular weight is 289 g/mol. The molecule has 0 aliphatic rings. The van der Waals surface area contributed by atoms with Crippen molar-refractivity contribution in [2.75, 3.05) is 7.05 Å². The molecule has 1 aromatic carbocycles. The van der Waals surface area contributed by atoms with E-state index in [9.17, 15) is 4.79 Å². The van der Waals surface area contributed by atoms with E-state index in [0.717, 1.165) is 5.56 Å². The zero-order valence-electron chi connectivity index (χ0n) is 10.8. The number of hydrogen-bond donors (Lipinski definition) is 1. The number of benzene rings is 1. The van der Waals surface area contributed by atoms with Crippen molar-refractivity contribution < 1.29 is 4.79 Å². The van der Waals surface area contributed by atoms with Crippen LogP contribution in [0.15, 0.2) is 18.2 Å². The first-order valence-corrected chi connectivity index (χ1v) is 6.61. The van der Waals surface area contributed by atoms with Crippen molar-refractivity contribution in [2.45, 2.75) is 32.4 Å². The maximum absolute atomic E-state index is 12.0. The predicted molar refractivity (Wildman–Crippen MR) is 75.9 cm³/mol. The first kappa shape index (κ1) is 15.3. The molecule has 0 heterocycles. The van der Waals surface area contributed by atoms with Crippen molar-refractivity contribution in [1.29, 1.82) is 0 Å². The second kappa shape index (κ2) is 6.41. The molecule has 100 valence electrons. The molecule has 2 N–H and O–H groups in total. The normalized spacial score (nSPS) is 14.1. The summed E-state index contributed by atoms with van der Waals surface area (Å²) >= 11 is 12.0. The Morgan fingerprint density at radius 3 is 2.56 bits per heavy atom. The van der Waals surface area contributed by atoms with Gasteiger partial charge in [-0.25, -0.2) is 0 Å². The predicted octanol–water partition coefficient (Wildman–Crippen LogP) is 3.25. The summed E-state index contributed by atoms with van der Waals surface area (Å²) in [6.45, 7) is 3.80. The van der Waals surface area contributed by atoms with Crippen molar-refractivity contribution in [3.63, 3.8) is 0 Å². The number of carbonyl (C=O) groups excluding carboxylic acids is 1. The van der Waals surface area contributed by atoms with Gasteiger partial charge in [0.1, 0.15) is 0 Å². The van der Waals surface area contributed by atoms with Gasteiger partial charge in [-0.3, -0.25) is 4.79 Å². The summed E-state index contributed by atoms with van der Waals surface area (Å²) in [5.41, 5.74) is 6.61. The highest BCUT2D eigenvalue weighted by Gasteiger charge is 2.23. The number of carbonyl (C=O) groups is 1. The monoisotopic (exact) mass is 288 g/mol. The summed E-state index contributed by atoms with van der Waals surface area (Å²) in [6, 6.07) is 4.66. The maximum Gasteiger partial charge on any atom is 0.239 e. The summed E-state index contributed by atoms with van der Waals surface area (Å²) in [7, 11) is 1.73. The van der Waals surface area contributed by atoms with Gasteiger partial charge < -0.3 is 10.6 Å². The van der Waals surface area contributed by atoms with Crippen LogP contribution in [0.1, 0.15) is 31.9 Å². The summed E-state index contributed by atoms with van der Waals surface area (Å²) in [6.07, 6.45) is 0.615. The lowest BCUT2D eigenvalue weighted by Crippen LogP contribution is -2.42. The summed E-state index contributed by atoms with van der Waals surface area (Å²) in [4.78, 5) is 13.6. The molecule has 0 aliphatic carbocycles. The molecular formula is C13H18Cl2N2O. The molecule has 0 saturated heterocycles. The molecular weight excluding hydrogens is 271 g/mol. The number of nitrogens with two attached hydrogens (primary N) is 1. The van der Waals surface area contributed by atoms with Crippen molar-refractivity contribution in [3.05, 3.63) is 33.8 Å². The minimum absolute atomic E-state index is 0.0870. The Labute approximate surface area is 118 Å². The Morgan fingerprint density at radius 2 is 2.06 bits per heavy atom. The van der Waals surface area contributed by atoms with E-state index >= 15 is 0 Å². The van der Waals surface area contributed by atoms with Gasteiger partial charge in [0.05, 0.1) is 12.1 Å². The molecule has 0 saturated carbocycles. The quantitative estimate of drug-likeness (QED) is 0.924. The van der Waals surface area contributed by atoms with Gasteiger partial charge in [0.25, 0.3) is 0 Å². The average Bonchev–Trinajstić information content (AvgIpc) is 2.35. The lowest BCUT2D eigenvalue weighted by Gasteiger charge is -2.28. The van der Waals surface area contributed by atoms with E-state index < -0.39 is 6.04 Å². The van der Waals surface area contributed by atoms with Gasteiger partial charge in [0, 0.05) is 17.1 Å². The molecule has 1 aromatic rings. The second-order valence-corrected chi connectivity index (χ2v) is 5.15. The molecule has 0 aliphatic heterocycles. The molecule has 5 heteroatoms. The largest absolute Gasteiger partial charge is 0.338 e. The fourth-order valence-electron chi connectivity index (χ4n) is 1.68. The highest BCUT2D eigenvalue weighted by atomic mass is 35.5. The molecule has 0 radical (unpaired) electrons. The first-order valence-electron chi connectivity index (χ1n) is 5.85. The number of amides is 1. The SMILES string of the molecule is CC[C@H](N)C(=O)N(C)C(C)c1ccc(Cl)cc1Cl. The van der Waals surface area contributed by atoms with Gasteiger partial charge in [-0.2, -0.15) is 0 Å². The molecule has 0 bridgehead atoms. The van der Waals surface area contributed by atoms with Gasteiger partial charge in [-0.05, 0) is 31.0 Å². The van der Waals surface area contributed by atoms with E-state index in [1.807, 2.05) is 19.9 Å². The van der Waals surface area contributed by atoms with Gasteiger partial charge >= 0.3 is 0 Å². The van der Waals surface area contributed by atoms with Crippen LogP contribution >= 0.6 is 23.2 Å². The Bertz CT molecular complexity index is 437. The lowest BCUT2D eigenvalue weighted by atomic mass is 10.1. The van der Waals surface area contributed by atoms with Crippen molar-refractivity contribution in [1.82, 2.24) is 4.90 Å². The van der Waals surface area contributed by atoms with E-state index in [0.29, 0.717) is 16.5 Å². The highest BCUT2D eigenvalue weighted by molar-refractivity contribution is 6.35. The van der Waals surface area contributed by atoms with Gasteiger partial charge in [-0.1, -0.05) is 36.2 Å². The van der Waals surface area contributed by atoms with Crippen LogP contribution in [0.25, 0.3) is 0 Å². The van der Waals surface area contributed by atoms with Crippen LogP contribution in [0.2, 0.25) is 10.0 Å². The second-order valence-electron chi connectivity index (χ2n) is 4.31. The third-order valence-electron chi connectivity index (χ3n) is 3.10. The van der Waals surface area contributed by atoms with Crippen molar-refractivity contribution in [3.8, 4) is 0 Å². The number of halogens is 2. The number of likely N-dealkylation sites (N-methyl/N-ethyl adjacent to an activating group) is 1. The molecule has 0 fully saturated rings. The Hall–Kier alpha value is -0.770. The third-order valence-corrected chi connectivity index (χ3v) is 3.66. The minimum Gasteiger partial charge on any atom is -0.338 e. The number of hydrogen-bond acceptors (Lipinski definition) is 2. The maximum atomic E-state index is 12.0. The van der Waals surface area contributed by atoms with Crippen LogP contribution in [-0.2, 0) is 4.79 Å². The van der Waals surface area contributed by atoms with E-state index in [4.69, 9.17) is 28.9 Å². The number of rotatable bonds is 4. The van der Waals surface area contributed by atoms with Gasteiger partial charge in [-0.15, -0.1) is 0 Å². The Balaban J connectivity index is 2.92. The molecule has 1 rings (SSSR count). The van der Waals surface area contributed by atoms with E-state index in [1.54, 1.807) is 24.1 Å². The van der Waals surface area contributed by atoms with Crippen LogP contribution in [-0.4, -0.2) is 23.9 Å². The van der Waals surface area contributed by atoms with Crippen LogP contribution in [0.3, 0.4) is 0 Å². The molecule has 1 unspecified atom stereocenters. The van der Waals surface area contributed by atoms with Gasteiger partial charge in [0.15, 0.2) is 0 Å². The molecule has 3 nitrogen and oxygen atoms in total. The van der Waals surface area contributed by atoms with E-state index in [1.165, 1.54) is 0 Å². The molecule has 1 amide bonds. The van der Waals surface area contributed by atoms with Crippen LogP contribution in [0, 0.1) is 0 Å². The first-order chi connectivity index (χ1) is 8.38. The standard InChI is InChI=1S/C13H18Cl2N2O/c1-4-12(16)13(18)17(3)8(2)10-6-5-9(14)7-11(10)15/h5-8,12H,4,16H2,1-3H3/t8?,12-/m0/s1. The van der Waals surface area contributed by atoms with E-state index in [-0.39, 0.29) is 11.9 Å². The molecule has 18 heavy (non-hydrogen) atoms. The summed E-state index contributed by atoms with van der Waals surface area (Å²) in [5, 5.41) is 1.13. The fraction of sp³-hybridized carbons (Fsp3) is 0.462. The van der Waals surface area contributed by atoms with Crippen LogP contribution < -0.4 is 5.73 Å². The zero-order valence-corrected chi connectivity index (χ0v) is 12.3. The zero-order chi connectivity index (χ0) is 13.9. The number of nitrogens with zero attached hydrogens (tertiary/aromatic N) is 1. The minimum atomic E-state index is -0.469. The van der Waals surface area contributed by atoms with Crippen LogP contribution in [0.4, 0.5) is 0 Å². The highest BCUT2D eigenvalue weighted by Crippen LogP contribution is 2.29. The molecule has 2 atom stereocenters. The fourth-order valence-corrected chi connectivity index (χ4v) is 2.24.